The first-order chi connectivity index (χ1) is 12.7. The number of rotatable bonds is 3. The van der Waals surface area contributed by atoms with Gasteiger partial charge in [0.25, 0.3) is 5.91 Å². The fourth-order valence-corrected chi connectivity index (χ4v) is 3.42. The average molecular weight is 385 g/mol. The lowest BCUT2D eigenvalue weighted by molar-refractivity contribution is 0.0993. The summed E-state index contributed by atoms with van der Waals surface area (Å²) < 4.78 is 5.98. The molecule has 3 rings (SSSR count). The molecule has 1 amide bonds. The van der Waals surface area contributed by atoms with Gasteiger partial charge in [-0.3, -0.25) is 10.2 Å². The average Bonchev–Trinajstić information content (AvgIpc) is 2.90. The van der Waals surface area contributed by atoms with Crippen LogP contribution < -0.4 is 16.5 Å². The van der Waals surface area contributed by atoms with Crippen molar-refractivity contribution in [3.8, 4) is 0 Å². The Hall–Kier alpha value is -2.67. The summed E-state index contributed by atoms with van der Waals surface area (Å²) in [6, 6.07) is 7.63. The zero-order chi connectivity index (χ0) is 19.8. The van der Waals surface area contributed by atoms with E-state index in [1.165, 1.54) is 0 Å². The summed E-state index contributed by atoms with van der Waals surface area (Å²) in [4.78, 5) is 12.8. The number of hydrogen-bond acceptors (Lipinski definition) is 4. The number of amides is 1. The van der Waals surface area contributed by atoms with Gasteiger partial charge >= 0.3 is 0 Å². The lowest BCUT2D eigenvalue weighted by Gasteiger charge is -2.29. The Bertz CT molecular complexity index is 926. The van der Waals surface area contributed by atoms with Gasteiger partial charge in [0.2, 0.25) is 0 Å². The second-order valence-electron chi connectivity index (χ2n) is 7.73. The summed E-state index contributed by atoms with van der Waals surface area (Å²) in [5.41, 5.74) is 12.4. The predicted molar refractivity (Wildman–Crippen MR) is 111 cm³/mol. The van der Waals surface area contributed by atoms with Crippen molar-refractivity contribution in [2.45, 2.75) is 40.5 Å². The van der Waals surface area contributed by atoms with Crippen molar-refractivity contribution in [1.82, 2.24) is 5.43 Å². The number of fused-ring (bicyclic) bond motifs is 1. The molecule has 1 heterocycles. The predicted octanol–water partition coefficient (Wildman–Crippen LogP) is 3.66. The van der Waals surface area contributed by atoms with Gasteiger partial charge in [-0.05, 0) is 50.0 Å². The van der Waals surface area contributed by atoms with Crippen LogP contribution in [-0.4, -0.2) is 16.7 Å². The van der Waals surface area contributed by atoms with Crippen LogP contribution in [0.1, 0.15) is 53.3 Å². The zero-order valence-electron chi connectivity index (χ0n) is 16.0. The number of thiocarbonyl (C=S) groups is 1. The summed E-state index contributed by atoms with van der Waals surface area (Å²) >= 11 is 4.85. The van der Waals surface area contributed by atoms with Gasteiger partial charge in [0, 0.05) is 23.2 Å². The van der Waals surface area contributed by atoms with E-state index in [0.29, 0.717) is 5.76 Å². The molecule has 2 aromatic rings. The third kappa shape index (κ3) is 4.19. The van der Waals surface area contributed by atoms with Gasteiger partial charge < -0.3 is 15.5 Å². The maximum atomic E-state index is 12.8. The van der Waals surface area contributed by atoms with Gasteiger partial charge in [0.05, 0.1) is 5.71 Å². The van der Waals surface area contributed by atoms with E-state index >= 15 is 0 Å². The highest BCUT2D eigenvalue weighted by Crippen LogP contribution is 2.39. The van der Waals surface area contributed by atoms with Crippen LogP contribution in [0.2, 0.25) is 0 Å². The van der Waals surface area contributed by atoms with Gasteiger partial charge in [-0.15, -0.1) is 0 Å². The number of carbonyl (C=O) groups is 1. The van der Waals surface area contributed by atoms with Crippen LogP contribution in [0.5, 0.6) is 0 Å². The Labute approximate surface area is 164 Å². The topological polar surface area (TPSA) is 92.6 Å². The first-order valence-electron chi connectivity index (χ1n) is 8.79. The highest BCUT2D eigenvalue weighted by Gasteiger charge is 2.36. The highest BCUT2D eigenvalue weighted by molar-refractivity contribution is 7.80. The molecule has 1 aliphatic rings. The summed E-state index contributed by atoms with van der Waals surface area (Å²) in [5.74, 6) is 0.799. The van der Waals surface area contributed by atoms with Crippen LogP contribution in [0.15, 0.2) is 33.8 Å². The molecule has 0 bridgehead atoms. The van der Waals surface area contributed by atoms with Gasteiger partial charge in [-0.25, -0.2) is 0 Å². The molecule has 0 saturated carbocycles. The molecule has 0 unspecified atom stereocenters. The lowest BCUT2D eigenvalue weighted by atomic mass is 9.75. The molecular weight excluding hydrogens is 360 g/mol. The summed E-state index contributed by atoms with van der Waals surface area (Å²) in [6.07, 6.45) is 1.46. The third-order valence-corrected chi connectivity index (χ3v) is 4.70. The summed E-state index contributed by atoms with van der Waals surface area (Å²) in [7, 11) is 0. The number of hydrazone groups is 1. The molecule has 0 fully saturated rings. The normalized spacial score (nSPS) is 16.7. The van der Waals surface area contributed by atoms with Crippen LogP contribution in [0.3, 0.4) is 0 Å². The SMILES string of the molecule is Cc1ccc(NC(=O)c2oc3c(c2C)/C(=N\NC(N)=S)CC(C)(C)C3)cc1. The molecule has 0 spiro atoms. The van der Waals surface area contributed by atoms with E-state index in [9.17, 15) is 4.79 Å². The number of nitrogens with two attached hydrogens (primary N) is 1. The van der Waals surface area contributed by atoms with Crippen molar-refractivity contribution >= 4 is 34.6 Å². The Balaban J connectivity index is 1.95. The Kier molecular flexibility index (Phi) is 5.06. The third-order valence-electron chi connectivity index (χ3n) is 4.61. The van der Waals surface area contributed by atoms with E-state index in [0.717, 1.165) is 46.7 Å². The quantitative estimate of drug-likeness (QED) is 0.555. The Morgan fingerprint density at radius 3 is 2.52 bits per heavy atom. The van der Waals surface area contributed by atoms with Crippen LogP contribution >= 0.6 is 12.2 Å². The number of aryl methyl sites for hydroxylation is 1. The molecule has 4 N–H and O–H groups in total. The first kappa shape index (κ1) is 19.1. The van der Waals surface area contributed by atoms with E-state index in [4.69, 9.17) is 22.4 Å². The molecule has 1 aliphatic carbocycles. The van der Waals surface area contributed by atoms with Crippen LogP contribution in [0.4, 0.5) is 5.69 Å². The number of hydrogen-bond donors (Lipinski definition) is 3. The minimum atomic E-state index is -0.273. The first-order valence-corrected chi connectivity index (χ1v) is 9.20. The van der Waals surface area contributed by atoms with Crippen molar-refractivity contribution in [3.05, 3.63) is 52.5 Å². The lowest BCUT2D eigenvalue weighted by Crippen LogP contribution is -2.31. The summed E-state index contributed by atoms with van der Waals surface area (Å²) in [5, 5.41) is 7.35. The molecule has 0 saturated heterocycles. The highest BCUT2D eigenvalue weighted by atomic mass is 32.1. The molecule has 142 valence electrons. The molecular formula is C20H24N4O2S. The largest absolute Gasteiger partial charge is 0.455 e. The minimum Gasteiger partial charge on any atom is -0.455 e. The fourth-order valence-electron chi connectivity index (χ4n) is 3.37. The van der Waals surface area contributed by atoms with Crippen molar-refractivity contribution in [1.29, 1.82) is 0 Å². The maximum absolute atomic E-state index is 12.8. The smallest absolute Gasteiger partial charge is 0.291 e. The minimum absolute atomic E-state index is 0.0429. The monoisotopic (exact) mass is 384 g/mol. The number of carbonyl (C=O) groups excluding carboxylic acids is 1. The van der Waals surface area contributed by atoms with Crippen molar-refractivity contribution in [2.75, 3.05) is 5.32 Å². The maximum Gasteiger partial charge on any atom is 0.291 e. The number of nitrogens with one attached hydrogen (secondary N) is 2. The van der Waals surface area contributed by atoms with Gasteiger partial charge in [0.15, 0.2) is 10.9 Å². The van der Waals surface area contributed by atoms with E-state index in [2.05, 4.69) is 29.7 Å². The molecule has 0 radical (unpaired) electrons. The Morgan fingerprint density at radius 2 is 1.89 bits per heavy atom. The molecule has 0 atom stereocenters. The van der Waals surface area contributed by atoms with E-state index < -0.39 is 0 Å². The zero-order valence-corrected chi connectivity index (χ0v) is 16.8. The van der Waals surface area contributed by atoms with E-state index in [1.807, 2.05) is 38.1 Å². The van der Waals surface area contributed by atoms with Crippen molar-refractivity contribution < 1.29 is 9.21 Å². The van der Waals surface area contributed by atoms with E-state index in [-0.39, 0.29) is 16.4 Å². The number of furan rings is 1. The van der Waals surface area contributed by atoms with Gasteiger partial charge in [0.1, 0.15) is 5.76 Å². The fraction of sp³-hybridized carbons (Fsp3) is 0.350. The van der Waals surface area contributed by atoms with Crippen molar-refractivity contribution in [3.63, 3.8) is 0 Å². The van der Waals surface area contributed by atoms with Crippen molar-refractivity contribution in [2.24, 2.45) is 16.3 Å². The molecule has 0 aliphatic heterocycles. The molecule has 27 heavy (non-hydrogen) atoms. The molecule has 1 aromatic heterocycles. The number of benzene rings is 1. The second-order valence-corrected chi connectivity index (χ2v) is 8.17. The number of anilines is 1. The summed E-state index contributed by atoms with van der Waals surface area (Å²) in [6.45, 7) is 8.15. The van der Waals surface area contributed by atoms with Crippen LogP contribution in [0.25, 0.3) is 0 Å². The van der Waals surface area contributed by atoms with Gasteiger partial charge in [-0.2, -0.15) is 5.10 Å². The molecule has 1 aromatic carbocycles. The van der Waals surface area contributed by atoms with Crippen LogP contribution in [-0.2, 0) is 6.42 Å². The second kappa shape index (κ2) is 7.15. The van der Waals surface area contributed by atoms with Gasteiger partial charge in [-0.1, -0.05) is 31.5 Å². The number of nitrogens with zero attached hydrogens (tertiary/aromatic N) is 1. The Morgan fingerprint density at radius 1 is 1.22 bits per heavy atom. The van der Waals surface area contributed by atoms with E-state index in [1.54, 1.807) is 0 Å². The van der Waals surface area contributed by atoms with Crippen LogP contribution in [0, 0.1) is 19.3 Å². The molecule has 6 nitrogen and oxygen atoms in total. The molecule has 7 heteroatoms. The standard InChI is InChI=1S/C20H24N4O2S/c1-11-5-7-13(8-6-11)22-18(25)17-12(2)16-14(23-24-19(21)27)9-20(3,4)10-15(16)26-17/h5-8H,9-10H2,1-4H3,(H,22,25)(H3,21,24,27)/b23-14-.